The van der Waals surface area contributed by atoms with E-state index in [4.69, 9.17) is 9.47 Å². The van der Waals surface area contributed by atoms with Crippen molar-refractivity contribution in [2.45, 2.75) is 4.90 Å². The third kappa shape index (κ3) is 4.09. The minimum atomic E-state index is -3.51. The molecule has 0 atom stereocenters. The Kier molecular flexibility index (Phi) is 5.66. The van der Waals surface area contributed by atoms with Crippen molar-refractivity contribution in [1.29, 1.82) is 0 Å². The van der Waals surface area contributed by atoms with E-state index in [9.17, 15) is 13.2 Å². The lowest BCUT2D eigenvalue weighted by molar-refractivity contribution is 0.102. The number of sulfonamides is 1. The van der Waals surface area contributed by atoms with Gasteiger partial charge >= 0.3 is 0 Å². The minimum absolute atomic E-state index is 0.150. The molecule has 2 aromatic carbocycles. The summed E-state index contributed by atoms with van der Waals surface area (Å²) in [6, 6.07) is 10.8. The molecule has 0 saturated heterocycles. The van der Waals surface area contributed by atoms with Crippen LogP contribution in [-0.2, 0) is 10.0 Å². The molecule has 0 fully saturated rings. The van der Waals surface area contributed by atoms with Crippen molar-refractivity contribution in [1.82, 2.24) is 4.31 Å². The van der Waals surface area contributed by atoms with Crippen molar-refractivity contribution in [3.8, 4) is 11.5 Å². The van der Waals surface area contributed by atoms with Gasteiger partial charge in [0, 0.05) is 25.8 Å². The molecule has 0 unspecified atom stereocenters. The highest BCUT2D eigenvalue weighted by molar-refractivity contribution is 7.89. The van der Waals surface area contributed by atoms with Crippen molar-refractivity contribution in [2.24, 2.45) is 0 Å². The summed E-state index contributed by atoms with van der Waals surface area (Å²) in [5, 5.41) is 2.71. The maximum atomic E-state index is 12.4. The van der Waals surface area contributed by atoms with Crippen LogP contribution in [0.15, 0.2) is 47.4 Å². The first-order valence-electron chi connectivity index (χ1n) is 7.35. The SMILES string of the molecule is COc1ccc(C(=O)Nc2ccc(S(=O)(=O)N(C)C)cc2)c(OC)c1. The average molecular weight is 364 g/mol. The van der Waals surface area contributed by atoms with Gasteiger partial charge in [0.2, 0.25) is 10.0 Å². The summed E-state index contributed by atoms with van der Waals surface area (Å²) >= 11 is 0. The lowest BCUT2D eigenvalue weighted by Gasteiger charge is -2.13. The van der Waals surface area contributed by atoms with Gasteiger partial charge in [0.1, 0.15) is 11.5 Å². The number of rotatable bonds is 6. The summed E-state index contributed by atoms with van der Waals surface area (Å²) in [5.41, 5.74) is 0.814. The van der Waals surface area contributed by atoms with Gasteiger partial charge in [0.25, 0.3) is 5.91 Å². The highest BCUT2D eigenvalue weighted by Gasteiger charge is 2.17. The zero-order valence-corrected chi connectivity index (χ0v) is 15.3. The monoisotopic (exact) mass is 364 g/mol. The quantitative estimate of drug-likeness (QED) is 0.849. The van der Waals surface area contributed by atoms with E-state index in [-0.39, 0.29) is 10.8 Å². The molecule has 8 heteroatoms. The van der Waals surface area contributed by atoms with Crippen LogP contribution < -0.4 is 14.8 Å². The lowest BCUT2D eigenvalue weighted by atomic mass is 10.1. The Balaban J connectivity index is 2.22. The van der Waals surface area contributed by atoms with E-state index in [1.807, 2.05) is 0 Å². The summed E-state index contributed by atoms with van der Waals surface area (Å²) in [6.45, 7) is 0. The van der Waals surface area contributed by atoms with Crippen molar-refractivity contribution in [2.75, 3.05) is 33.6 Å². The molecule has 0 aliphatic carbocycles. The van der Waals surface area contributed by atoms with Gasteiger partial charge in [-0.15, -0.1) is 0 Å². The van der Waals surface area contributed by atoms with Gasteiger partial charge in [-0.25, -0.2) is 12.7 Å². The number of nitrogens with one attached hydrogen (secondary N) is 1. The lowest BCUT2D eigenvalue weighted by Crippen LogP contribution is -2.22. The number of nitrogens with zero attached hydrogens (tertiary/aromatic N) is 1. The van der Waals surface area contributed by atoms with E-state index in [0.29, 0.717) is 22.7 Å². The molecule has 0 aromatic heterocycles. The molecule has 0 spiro atoms. The molecule has 0 aliphatic rings. The average Bonchev–Trinajstić information content (AvgIpc) is 2.61. The summed E-state index contributed by atoms with van der Waals surface area (Å²) < 4.78 is 35.5. The van der Waals surface area contributed by atoms with Gasteiger partial charge in [-0.2, -0.15) is 0 Å². The number of methoxy groups -OCH3 is 2. The van der Waals surface area contributed by atoms with Crippen LogP contribution in [0.5, 0.6) is 11.5 Å². The predicted molar refractivity (Wildman–Crippen MR) is 94.8 cm³/mol. The van der Waals surface area contributed by atoms with Crippen molar-refractivity contribution in [3.63, 3.8) is 0 Å². The molecule has 1 N–H and O–H groups in total. The molecule has 25 heavy (non-hydrogen) atoms. The van der Waals surface area contributed by atoms with Crippen LogP contribution in [0.2, 0.25) is 0 Å². The molecule has 134 valence electrons. The second kappa shape index (κ2) is 7.54. The summed E-state index contributed by atoms with van der Waals surface area (Å²) in [7, 11) is 2.40. The number of carbonyl (C=O) groups excluding carboxylic acids is 1. The molecule has 0 bridgehead atoms. The Morgan fingerprint density at radius 3 is 2.16 bits per heavy atom. The van der Waals surface area contributed by atoms with Crippen LogP contribution in [0.25, 0.3) is 0 Å². The number of ether oxygens (including phenoxy) is 2. The van der Waals surface area contributed by atoms with Crippen LogP contribution in [0.3, 0.4) is 0 Å². The highest BCUT2D eigenvalue weighted by Crippen LogP contribution is 2.25. The Morgan fingerprint density at radius 1 is 1.00 bits per heavy atom. The van der Waals surface area contributed by atoms with E-state index < -0.39 is 10.0 Å². The fourth-order valence-electron chi connectivity index (χ4n) is 2.11. The third-order valence-electron chi connectivity index (χ3n) is 3.54. The summed E-state index contributed by atoms with van der Waals surface area (Å²) in [6.07, 6.45) is 0. The van der Waals surface area contributed by atoms with Crippen LogP contribution in [0.4, 0.5) is 5.69 Å². The first kappa shape index (κ1) is 18.8. The minimum Gasteiger partial charge on any atom is -0.497 e. The molecule has 2 rings (SSSR count). The molecule has 1 amide bonds. The van der Waals surface area contributed by atoms with Crippen LogP contribution in [0, 0.1) is 0 Å². The number of anilines is 1. The van der Waals surface area contributed by atoms with Gasteiger partial charge in [0.05, 0.1) is 24.7 Å². The normalized spacial score (nSPS) is 11.2. The van der Waals surface area contributed by atoms with Gasteiger partial charge in [-0.3, -0.25) is 4.79 Å². The standard InChI is InChI=1S/C17H20N2O5S/c1-19(2)25(21,22)14-8-5-12(6-9-14)18-17(20)15-10-7-13(23-3)11-16(15)24-4/h5-11H,1-4H3,(H,18,20). The second-order valence-electron chi connectivity index (χ2n) is 5.33. The molecule has 7 nitrogen and oxygen atoms in total. The molecule has 0 saturated carbocycles. The van der Waals surface area contributed by atoms with E-state index in [1.54, 1.807) is 18.2 Å². The molecule has 2 aromatic rings. The smallest absolute Gasteiger partial charge is 0.259 e. The van der Waals surface area contributed by atoms with E-state index >= 15 is 0 Å². The van der Waals surface area contributed by atoms with Crippen LogP contribution >= 0.6 is 0 Å². The second-order valence-corrected chi connectivity index (χ2v) is 7.48. The third-order valence-corrected chi connectivity index (χ3v) is 5.37. The van der Waals surface area contributed by atoms with Crippen LogP contribution in [-0.4, -0.2) is 46.9 Å². The van der Waals surface area contributed by atoms with E-state index in [0.717, 1.165) is 4.31 Å². The predicted octanol–water partition coefficient (Wildman–Crippen LogP) is 2.21. The molecule has 0 aliphatic heterocycles. The van der Waals surface area contributed by atoms with E-state index in [1.165, 1.54) is 52.6 Å². The number of hydrogen-bond donors (Lipinski definition) is 1. The number of benzene rings is 2. The Labute approximate surface area is 147 Å². The van der Waals surface area contributed by atoms with Gasteiger partial charge in [-0.05, 0) is 36.4 Å². The molecule has 0 radical (unpaired) electrons. The molecular weight excluding hydrogens is 344 g/mol. The number of amides is 1. The van der Waals surface area contributed by atoms with E-state index in [2.05, 4.69) is 5.32 Å². The zero-order valence-electron chi connectivity index (χ0n) is 14.4. The Morgan fingerprint density at radius 2 is 1.64 bits per heavy atom. The number of carbonyl (C=O) groups is 1. The fraction of sp³-hybridized carbons (Fsp3) is 0.235. The van der Waals surface area contributed by atoms with Crippen LogP contribution in [0.1, 0.15) is 10.4 Å². The topological polar surface area (TPSA) is 84.9 Å². The number of hydrogen-bond acceptors (Lipinski definition) is 5. The maximum absolute atomic E-state index is 12.4. The van der Waals surface area contributed by atoms with Gasteiger partial charge in [0.15, 0.2) is 0 Å². The Hall–Kier alpha value is -2.58. The van der Waals surface area contributed by atoms with Crippen molar-refractivity contribution < 1.29 is 22.7 Å². The summed E-state index contributed by atoms with van der Waals surface area (Å²) in [4.78, 5) is 12.6. The Bertz CT molecular complexity index is 861. The first-order valence-corrected chi connectivity index (χ1v) is 8.79. The maximum Gasteiger partial charge on any atom is 0.259 e. The zero-order chi connectivity index (χ0) is 18.6. The molecular formula is C17H20N2O5S. The molecule has 0 heterocycles. The first-order chi connectivity index (χ1) is 11.8. The van der Waals surface area contributed by atoms with Crippen molar-refractivity contribution >= 4 is 21.6 Å². The fourth-order valence-corrected chi connectivity index (χ4v) is 3.01. The largest absolute Gasteiger partial charge is 0.497 e. The summed E-state index contributed by atoms with van der Waals surface area (Å²) in [5.74, 6) is 0.582. The highest BCUT2D eigenvalue weighted by atomic mass is 32.2. The van der Waals surface area contributed by atoms with Crippen molar-refractivity contribution in [3.05, 3.63) is 48.0 Å². The van der Waals surface area contributed by atoms with Gasteiger partial charge in [-0.1, -0.05) is 0 Å². The van der Waals surface area contributed by atoms with Gasteiger partial charge < -0.3 is 14.8 Å².